The second-order valence-electron chi connectivity index (χ2n) is 5.61. The molecule has 1 atom stereocenters. The zero-order valence-corrected chi connectivity index (χ0v) is 13.3. The first-order valence-corrected chi connectivity index (χ1v) is 7.79. The zero-order valence-electron chi connectivity index (χ0n) is 13.3. The van der Waals surface area contributed by atoms with Crippen molar-refractivity contribution in [1.29, 1.82) is 0 Å². The molecule has 0 saturated heterocycles. The molecule has 0 saturated carbocycles. The van der Waals surface area contributed by atoms with Crippen molar-refractivity contribution in [3.63, 3.8) is 0 Å². The first-order chi connectivity index (χ1) is 11.6. The van der Waals surface area contributed by atoms with Crippen molar-refractivity contribution in [2.75, 3.05) is 0 Å². The third-order valence-corrected chi connectivity index (χ3v) is 3.78. The van der Waals surface area contributed by atoms with Gasteiger partial charge in [0.1, 0.15) is 11.6 Å². The minimum Gasteiger partial charge on any atom is -0.481 e. The van der Waals surface area contributed by atoms with Crippen LogP contribution >= 0.6 is 0 Å². The Bertz CT molecular complexity index is 846. The van der Waals surface area contributed by atoms with Crippen LogP contribution in [0.25, 0.3) is 10.8 Å². The molecule has 0 unspecified atom stereocenters. The average Bonchev–Trinajstić information content (AvgIpc) is 2.61. The molecule has 0 spiro atoms. The van der Waals surface area contributed by atoms with E-state index < -0.39 is 6.10 Å². The van der Waals surface area contributed by atoms with E-state index in [0.29, 0.717) is 12.3 Å². The molecule has 1 N–H and O–H groups in total. The molecule has 3 nitrogen and oxygen atoms in total. The molecular formula is C20H18FNO2. The van der Waals surface area contributed by atoms with Crippen molar-refractivity contribution in [3.05, 3.63) is 78.1 Å². The van der Waals surface area contributed by atoms with E-state index in [1.54, 1.807) is 6.92 Å². The van der Waals surface area contributed by atoms with Crippen LogP contribution in [0.1, 0.15) is 12.5 Å². The third-order valence-electron chi connectivity index (χ3n) is 3.78. The first kappa shape index (κ1) is 16.0. The smallest absolute Gasteiger partial charge is 0.261 e. The summed E-state index contributed by atoms with van der Waals surface area (Å²) in [5.41, 5.74) is 1.02. The normalized spacial score (nSPS) is 11.9. The summed E-state index contributed by atoms with van der Waals surface area (Å²) in [5, 5.41) is 5.16. The summed E-state index contributed by atoms with van der Waals surface area (Å²) in [7, 11) is 0. The Morgan fingerprint density at radius 3 is 2.50 bits per heavy atom. The van der Waals surface area contributed by atoms with Crippen LogP contribution in [0.15, 0.2) is 66.7 Å². The van der Waals surface area contributed by atoms with Crippen LogP contribution < -0.4 is 10.1 Å². The number of fused-ring (bicyclic) bond motifs is 1. The molecule has 0 radical (unpaired) electrons. The van der Waals surface area contributed by atoms with E-state index in [0.717, 1.165) is 10.9 Å². The molecular weight excluding hydrogens is 305 g/mol. The Kier molecular flexibility index (Phi) is 4.75. The molecule has 0 heterocycles. The molecule has 0 aliphatic heterocycles. The van der Waals surface area contributed by atoms with Gasteiger partial charge in [-0.15, -0.1) is 0 Å². The number of halogens is 1. The molecule has 0 aromatic heterocycles. The lowest BCUT2D eigenvalue weighted by atomic mass is 10.1. The molecule has 0 aliphatic rings. The standard InChI is InChI=1S/C20H18FNO2/c1-14(24-19-10-8-18(21)9-11-19)20(23)22-13-15-6-7-16-4-2-3-5-17(16)12-15/h2-12,14H,13H2,1H3,(H,22,23)/t14-/m1/s1. The van der Waals surface area contributed by atoms with Crippen molar-refractivity contribution >= 4 is 16.7 Å². The molecule has 1 amide bonds. The van der Waals surface area contributed by atoms with Crippen molar-refractivity contribution in [2.24, 2.45) is 0 Å². The average molecular weight is 323 g/mol. The predicted molar refractivity (Wildman–Crippen MR) is 92.3 cm³/mol. The highest BCUT2D eigenvalue weighted by Crippen LogP contribution is 2.16. The van der Waals surface area contributed by atoms with Crippen LogP contribution in [0.3, 0.4) is 0 Å². The molecule has 3 aromatic rings. The Hall–Kier alpha value is -2.88. The number of benzene rings is 3. The van der Waals surface area contributed by atoms with E-state index >= 15 is 0 Å². The van der Waals surface area contributed by atoms with Gasteiger partial charge in [-0.2, -0.15) is 0 Å². The predicted octanol–water partition coefficient (Wildman–Crippen LogP) is 4.06. The summed E-state index contributed by atoms with van der Waals surface area (Å²) >= 11 is 0. The van der Waals surface area contributed by atoms with Gasteiger partial charge in [-0.05, 0) is 53.6 Å². The topological polar surface area (TPSA) is 38.3 Å². The molecule has 24 heavy (non-hydrogen) atoms. The minimum atomic E-state index is -0.657. The van der Waals surface area contributed by atoms with E-state index in [4.69, 9.17) is 4.74 Å². The third kappa shape index (κ3) is 3.90. The van der Waals surface area contributed by atoms with Gasteiger partial charge in [-0.25, -0.2) is 4.39 Å². The Morgan fingerprint density at radius 1 is 1.04 bits per heavy atom. The van der Waals surface area contributed by atoms with Crippen LogP contribution in [0.4, 0.5) is 4.39 Å². The fourth-order valence-corrected chi connectivity index (χ4v) is 2.45. The van der Waals surface area contributed by atoms with Gasteiger partial charge in [0, 0.05) is 6.54 Å². The zero-order chi connectivity index (χ0) is 16.9. The largest absolute Gasteiger partial charge is 0.481 e. The number of carbonyl (C=O) groups is 1. The van der Waals surface area contributed by atoms with Gasteiger partial charge in [0.2, 0.25) is 0 Å². The summed E-state index contributed by atoms with van der Waals surface area (Å²) in [6.45, 7) is 2.10. The number of rotatable bonds is 5. The molecule has 0 aliphatic carbocycles. The second kappa shape index (κ2) is 7.13. The summed E-state index contributed by atoms with van der Waals surface area (Å²) in [6, 6.07) is 19.8. The summed E-state index contributed by atoms with van der Waals surface area (Å²) < 4.78 is 18.4. The Morgan fingerprint density at radius 2 is 1.75 bits per heavy atom. The highest BCUT2D eigenvalue weighted by molar-refractivity contribution is 5.83. The number of hydrogen-bond donors (Lipinski definition) is 1. The van der Waals surface area contributed by atoms with Crippen LogP contribution in [0, 0.1) is 5.82 Å². The van der Waals surface area contributed by atoms with Gasteiger partial charge in [0.05, 0.1) is 0 Å². The van der Waals surface area contributed by atoms with Crippen molar-refractivity contribution in [3.8, 4) is 5.75 Å². The Balaban J connectivity index is 1.58. The van der Waals surface area contributed by atoms with E-state index in [2.05, 4.69) is 17.4 Å². The lowest BCUT2D eigenvalue weighted by Gasteiger charge is -2.15. The monoisotopic (exact) mass is 323 g/mol. The van der Waals surface area contributed by atoms with Gasteiger partial charge in [-0.1, -0.05) is 36.4 Å². The number of ether oxygens (including phenoxy) is 1. The Labute approximate surface area is 140 Å². The van der Waals surface area contributed by atoms with E-state index in [1.165, 1.54) is 29.7 Å². The minimum absolute atomic E-state index is 0.215. The van der Waals surface area contributed by atoms with Gasteiger partial charge in [0.25, 0.3) is 5.91 Å². The number of hydrogen-bond acceptors (Lipinski definition) is 2. The summed E-state index contributed by atoms with van der Waals surface area (Å²) in [6.07, 6.45) is -0.657. The van der Waals surface area contributed by atoms with Gasteiger partial charge in [-0.3, -0.25) is 4.79 Å². The summed E-state index contributed by atoms with van der Waals surface area (Å²) in [4.78, 5) is 12.1. The SMILES string of the molecule is C[C@@H](Oc1ccc(F)cc1)C(=O)NCc1ccc2ccccc2c1. The molecule has 0 fully saturated rings. The lowest BCUT2D eigenvalue weighted by Crippen LogP contribution is -2.35. The highest BCUT2D eigenvalue weighted by atomic mass is 19.1. The van der Waals surface area contributed by atoms with E-state index in [-0.39, 0.29) is 11.7 Å². The maximum absolute atomic E-state index is 12.9. The maximum atomic E-state index is 12.9. The second-order valence-corrected chi connectivity index (χ2v) is 5.61. The van der Waals surface area contributed by atoms with Gasteiger partial charge >= 0.3 is 0 Å². The maximum Gasteiger partial charge on any atom is 0.261 e. The van der Waals surface area contributed by atoms with Gasteiger partial charge < -0.3 is 10.1 Å². The van der Waals surface area contributed by atoms with Crippen molar-refractivity contribution in [1.82, 2.24) is 5.32 Å². The van der Waals surface area contributed by atoms with Crippen LogP contribution in [0.2, 0.25) is 0 Å². The number of nitrogens with one attached hydrogen (secondary N) is 1. The molecule has 0 bridgehead atoms. The van der Waals surface area contributed by atoms with E-state index in [1.807, 2.05) is 30.3 Å². The lowest BCUT2D eigenvalue weighted by molar-refractivity contribution is -0.127. The summed E-state index contributed by atoms with van der Waals surface area (Å²) in [5.74, 6) is -0.0898. The van der Waals surface area contributed by atoms with Crippen molar-refractivity contribution in [2.45, 2.75) is 19.6 Å². The highest BCUT2D eigenvalue weighted by Gasteiger charge is 2.14. The van der Waals surface area contributed by atoms with Crippen LogP contribution in [-0.2, 0) is 11.3 Å². The van der Waals surface area contributed by atoms with Crippen LogP contribution in [0.5, 0.6) is 5.75 Å². The number of amides is 1. The molecule has 3 rings (SSSR count). The number of carbonyl (C=O) groups excluding carboxylic acids is 1. The molecule has 122 valence electrons. The van der Waals surface area contributed by atoms with E-state index in [9.17, 15) is 9.18 Å². The van der Waals surface area contributed by atoms with Gasteiger partial charge in [0.15, 0.2) is 6.10 Å². The van der Waals surface area contributed by atoms with Crippen molar-refractivity contribution < 1.29 is 13.9 Å². The molecule has 3 aromatic carbocycles. The molecule has 4 heteroatoms. The first-order valence-electron chi connectivity index (χ1n) is 7.79. The fraction of sp³-hybridized carbons (Fsp3) is 0.150. The van der Waals surface area contributed by atoms with Crippen LogP contribution in [-0.4, -0.2) is 12.0 Å². The quantitative estimate of drug-likeness (QED) is 0.769. The fourth-order valence-electron chi connectivity index (χ4n) is 2.45.